The zero-order chi connectivity index (χ0) is 10.9. The molecule has 0 saturated carbocycles. The number of rotatable bonds is 2. The molecule has 5 heteroatoms. The topological polar surface area (TPSA) is 45.6 Å². The zero-order valence-corrected chi connectivity index (χ0v) is 9.83. The van der Waals surface area contributed by atoms with E-state index in [0.29, 0.717) is 6.54 Å². The lowest BCUT2D eigenvalue weighted by atomic mass is 10.1. The highest BCUT2D eigenvalue weighted by atomic mass is 32.1. The third kappa shape index (κ3) is 2.48. The average Bonchev–Trinajstić information content (AvgIpc) is 2.68. The molecule has 0 aromatic carbocycles. The molecule has 0 bridgehead atoms. The van der Waals surface area contributed by atoms with Gasteiger partial charge >= 0.3 is 0 Å². The fraction of sp³-hybridized carbons (Fsp3) is 0.700. The SMILES string of the molecule is CC1(C)CN(c2nccs2)CC(CO)O1. The molecular formula is C10H16N2O2S. The number of thiazole rings is 1. The number of morpholine rings is 1. The van der Waals surface area contributed by atoms with Crippen LogP contribution in [0.4, 0.5) is 5.13 Å². The van der Waals surface area contributed by atoms with E-state index in [-0.39, 0.29) is 18.3 Å². The molecule has 0 aliphatic carbocycles. The van der Waals surface area contributed by atoms with E-state index in [1.54, 1.807) is 17.5 Å². The Labute approximate surface area is 93.5 Å². The van der Waals surface area contributed by atoms with Gasteiger partial charge in [0.25, 0.3) is 0 Å². The highest BCUT2D eigenvalue weighted by Crippen LogP contribution is 2.26. The second-order valence-corrected chi connectivity index (χ2v) is 5.25. The quantitative estimate of drug-likeness (QED) is 0.824. The van der Waals surface area contributed by atoms with Crippen LogP contribution in [0.25, 0.3) is 0 Å². The van der Waals surface area contributed by atoms with Crippen LogP contribution < -0.4 is 4.90 Å². The van der Waals surface area contributed by atoms with Crippen LogP contribution in [-0.2, 0) is 4.74 Å². The molecule has 1 aliphatic rings. The molecule has 0 spiro atoms. The molecule has 1 fully saturated rings. The Balaban J connectivity index is 2.13. The summed E-state index contributed by atoms with van der Waals surface area (Å²) >= 11 is 1.62. The molecule has 84 valence electrons. The highest BCUT2D eigenvalue weighted by Gasteiger charge is 2.33. The Hall–Kier alpha value is -0.650. The van der Waals surface area contributed by atoms with Crippen LogP contribution in [0.15, 0.2) is 11.6 Å². The van der Waals surface area contributed by atoms with Gasteiger partial charge in [-0.3, -0.25) is 0 Å². The van der Waals surface area contributed by atoms with Gasteiger partial charge in [0.15, 0.2) is 5.13 Å². The van der Waals surface area contributed by atoms with Crippen molar-refractivity contribution in [2.24, 2.45) is 0 Å². The van der Waals surface area contributed by atoms with Crippen molar-refractivity contribution in [1.82, 2.24) is 4.98 Å². The first kappa shape index (κ1) is 10.9. The smallest absolute Gasteiger partial charge is 0.185 e. The van der Waals surface area contributed by atoms with E-state index in [0.717, 1.165) is 11.7 Å². The van der Waals surface area contributed by atoms with Crippen molar-refractivity contribution in [3.05, 3.63) is 11.6 Å². The van der Waals surface area contributed by atoms with E-state index in [2.05, 4.69) is 9.88 Å². The monoisotopic (exact) mass is 228 g/mol. The van der Waals surface area contributed by atoms with E-state index in [1.807, 2.05) is 19.2 Å². The molecule has 1 N–H and O–H groups in total. The first-order chi connectivity index (χ1) is 7.11. The van der Waals surface area contributed by atoms with Gasteiger partial charge in [0.05, 0.1) is 18.3 Å². The van der Waals surface area contributed by atoms with Crippen LogP contribution in [0.2, 0.25) is 0 Å². The molecule has 1 atom stereocenters. The molecule has 1 saturated heterocycles. The summed E-state index contributed by atoms with van der Waals surface area (Å²) in [6.07, 6.45) is 1.69. The van der Waals surface area contributed by atoms with Crippen LogP contribution in [0.5, 0.6) is 0 Å². The number of anilines is 1. The van der Waals surface area contributed by atoms with Crippen molar-refractivity contribution in [2.75, 3.05) is 24.6 Å². The van der Waals surface area contributed by atoms with Crippen molar-refractivity contribution < 1.29 is 9.84 Å². The molecule has 0 amide bonds. The predicted octanol–water partition coefficient (Wildman–Crippen LogP) is 1.12. The van der Waals surface area contributed by atoms with E-state index < -0.39 is 0 Å². The number of hydrogen-bond donors (Lipinski definition) is 1. The summed E-state index contributed by atoms with van der Waals surface area (Å²) in [6.45, 7) is 5.67. The Morgan fingerprint density at radius 1 is 1.73 bits per heavy atom. The minimum absolute atomic E-state index is 0.0608. The van der Waals surface area contributed by atoms with Gasteiger partial charge in [0.2, 0.25) is 0 Å². The van der Waals surface area contributed by atoms with Gasteiger partial charge in [-0.15, -0.1) is 11.3 Å². The van der Waals surface area contributed by atoms with Crippen molar-refractivity contribution in [2.45, 2.75) is 25.6 Å². The number of aliphatic hydroxyl groups excluding tert-OH is 1. The lowest BCUT2D eigenvalue weighted by Gasteiger charge is -2.42. The van der Waals surface area contributed by atoms with Crippen molar-refractivity contribution in [3.63, 3.8) is 0 Å². The average molecular weight is 228 g/mol. The van der Waals surface area contributed by atoms with Crippen LogP contribution >= 0.6 is 11.3 Å². The maximum absolute atomic E-state index is 9.17. The molecule has 15 heavy (non-hydrogen) atoms. The molecule has 1 unspecified atom stereocenters. The number of ether oxygens (including phenoxy) is 1. The normalized spacial score (nSPS) is 25.5. The standard InChI is InChI=1S/C10H16N2O2S/c1-10(2)7-12(5-8(6-13)14-10)9-11-3-4-15-9/h3-4,8,13H,5-7H2,1-2H3. The van der Waals surface area contributed by atoms with Crippen molar-refractivity contribution in [1.29, 1.82) is 0 Å². The predicted molar refractivity (Wildman–Crippen MR) is 60.4 cm³/mol. The summed E-state index contributed by atoms with van der Waals surface area (Å²) in [7, 11) is 0. The summed E-state index contributed by atoms with van der Waals surface area (Å²) in [5.41, 5.74) is -0.225. The summed E-state index contributed by atoms with van der Waals surface area (Å²) in [6, 6.07) is 0. The molecule has 1 aliphatic heterocycles. The van der Waals surface area contributed by atoms with Gasteiger partial charge in [-0.05, 0) is 13.8 Å². The summed E-state index contributed by atoms with van der Waals surface area (Å²) in [5.74, 6) is 0. The number of aliphatic hydroxyl groups is 1. The molecular weight excluding hydrogens is 212 g/mol. The first-order valence-electron chi connectivity index (χ1n) is 5.04. The first-order valence-corrected chi connectivity index (χ1v) is 5.92. The minimum atomic E-state index is -0.225. The minimum Gasteiger partial charge on any atom is -0.394 e. The van der Waals surface area contributed by atoms with Crippen molar-refractivity contribution >= 4 is 16.5 Å². The zero-order valence-electron chi connectivity index (χ0n) is 9.01. The summed E-state index contributed by atoms with van der Waals surface area (Å²) in [5, 5.41) is 12.1. The Kier molecular flexibility index (Phi) is 2.95. The highest BCUT2D eigenvalue weighted by molar-refractivity contribution is 7.13. The van der Waals surface area contributed by atoms with Crippen LogP contribution in [0.1, 0.15) is 13.8 Å². The lowest BCUT2D eigenvalue weighted by Crippen LogP contribution is -2.54. The second kappa shape index (κ2) is 4.08. The Morgan fingerprint density at radius 2 is 2.53 bits per heavy atom. The van der Waals surface area contributed by atoms with Gasteiger partial charge in [0, 0.05) is 24.7 Å². The maximum Gasteiger partial charge on any atom is 0.185 e. The molecule has 0 radical (unpaired) electrons. The van der Waals surface area contributed by atoms with E-state index in [1.165, 1.54) is 0 Å². The van der Waals surface area contributed by atoms with E-state index in [4.69, 9.17) is 9.84 Å². The third-order valence-corrected chi connectivity index (χ3v) is 3.21. The van der Waals surface area contributed by atoms with E-state index >= 15 is 0 Å². The molecule has 4 nitrogen and oxygen atoms in total. The van der Waals surface area contributed by atoms with E-state index in [9.17, 15) is 0 Å². The lowest BCUT2D eigenvalue weighted by molar-refractivity contribution is -0.101. The van der Waals surface area contributed by atoms with Crippen molar-refractivity contribution in [3.8, 4) is 0 Å². The number of aromatic nitrogens is 1. The number of hydrogen-bond acceptors (Lipinski definition) is 5. The molecule has 2 rings (SSSR count). The third-order valence-electron chi connectivity index (χ3n) is 2.37. The fourth-order valence-corrected chi connectivity index (χ4v) is 2.56. The summed E-state index contributed by atoms with van der Waals surface area (Å²) in [4.78, 5) is 6.46. The van der Waals surface area contributed by atoms with Crippen LogP contribution in [0, 0.1) is 0 Å². The molecule has 1 aromatic heterocycles. The largest absolute Gasteiger partial charge is 0.394 e. The Bertz CT molecular complexity index is 313. The Morgan fingerprint density at radius 3 is 3.13 bits per heavy atom. The summed E-state index contributed by atoms with van der Waals surface area (Å²) < 4.78 is 5.74. The van der Waals surface area contributed by atoms with Gasteiger partial charge < -0.3 is 14.7 Å². The molecule has 2 heterocycles. The van der Waals surface area contributed by atoms with Crippen LogP contribution in [-0.4, -0.2) is 41.5 Å². The fourth-order valence-electron chi connectivity index (χ4n) is 1.91. The van der Waals surface area contributed by atoms with Gasteiger partial charge in [-0.1, -0.05) is 0 Å². The van der Waals surface area contributed by atoms with Crippen LogP contribution in [0.3, 0.4) is 0 Å². The van der Waals surface area contributed by atoms with Gasteiger partial charge in [-0.2, -0.15) is 0 Å². The number of nitrogens with zero attached hydrogens (tertiary/aromatic N) is 2. The van der Waals surface area contributed by atoms with Gasteiger partial charge in [0.1, 0.15) is 0 Å². The second-order valence-electron chi connectivity index (χ2n) is 4.38. The van der Waals surface area contributed by atoms with Gasteiger partial charge in [-0.25, -0.2) is 4.98 Å². The molecule has 1 aromatic rings. The maximum atomic E-state index is 9.17.